The van der Waals surface area contributed by atoms with E-state index in [2.05, 4.69) is 5.32 Å². The lowest BCUT2D eigenvalue weighted by atomic mass is 10.2. The average molecular weight is 195 g/mol. The Morgan fingerprint density at radius 1 is 1.23 bits per heavy atom. The highest BCUT2D eigenvalue weighted by Gasteiger charge is 2.12. The second kappa shape index (κ2) is 8.38. The van der Waals surface area contributed by atoms with Crippen LogP contribution in [0.25, 0.3) is 0 Å². The van der Waals surface area contributed by atoms with Crippen LogP contribution in [0.15, 0.2) is 0 Å². The molecule has 13 heavy (non-hydrogen) atoms. The van der Waals surface area contributed by atoms with Crippen LogP contribution >= 0.6 is 0 Å². The van der Waals surface area contributed by atoms with Gasteiger partial charge in [-0.3, -0.25) is 0 Å². The number of alkyl halides is 2. The van der Waals surface area contributed by atoms with E-state index in [1.165, 1.54) is 6.92 Å². The standard InChI is InChI=1S/C9H19F2NO/c1-8(9(10)11)12-6-4-3-5-7-13-2/h8-9,12H,3-7H2,1-2H3. The maximum absolute atomic E-state index is 12.0. The molecule has 0 radical (unpaired) electrons. The normalized spacial score (nSPS) is 13.6. The summed E-state index contributed by atoms with van der Waals surface area (Å²) in [4.78, 5) is 0. The fourth-order valence-corrected chi connectivity index (χ4v) is 0.967. The molecule has 2 nitrogen and oxygen atoms in total. The third kappa shape index (κ3) is 8.12. The van der Waals surface area contributed by atoms with Crippen molar-refractivity contribution in [3.63, 3.8) is 0 Å². The molecular formula is C9H19F2NO. The van der Waals surface area contributed by atoms with E-state index in [-0.39, 0.29) is 0 Å². The number of hydrogen-bond acceptors (Lipinski definition) is 2. The second-order valence-electron chi connectivity index (χ2n) is 3.13. The topological polar surface area (TPSA) is 21.3 Å². The van der Waals surface area contributed by atoms with Crippen LogP contribution in [-0.2, 0) is 4.74 Å². The van der Waals surface area contributed by atoms with Gasteiger partial charge in [0.15, 0.2) is 0 Å². The minimum absolute atomic E-state index is 0.662. The van der Waals surface area contributed by atoms with Gasteiger partial charge >= 0.3 is 0 Å². The molecule has 0 spiro atoms. The van der Waals surface area contributed by atoms with Crippen molar-refractivity contribution in [3.8, 4) is 0 Å². The molecule has 0 rings (SSSR count). The predicted octanol–water partition coefficient (Wildman–Crippen LogP) is 2.05. The van der Waals surface area contributed by atoms with Crippen molar-refractivity contribution in [1.29, 1.82) is 0 Å². The highest BCUT2D eigenvalue weighted by molar-refractivity contribution is 4.62. The fraction of sp³-hybridized carbons (Fsp3) is 1.00. The van der Waals surface area contributed by atoms with Crippen LogP contribution in [0.3, 0.4) is 0 Å². The van der Waals surface area contributed by atoms with Gasteiger partial charge in [0.25, 0.3) is 6.43 Å². The average Bonchev–Trinajstić information content (AvgIpc) is 2.10. The minimum Gasteiger partial charge on any atom is -0.385 e. The summed E-state index contributed by atoms with van der Waals surface area (Å²) in [6.45, 7) is 2.92. The Kier molecular flexibility index (Phi) is 8.24. The first kappa shape index (κ1) is 12.8. The maximum atomic E-state index is 12.0. The van der Waals surface area contributed by atoms with Crippen LogP contribution in [0, 0.1) is 0 Å². The van der Waals surface area contributed by atoms with Crippen LogP contribution in [0.5, 0.6) is 0 Å². The van der Waals surface area contributed by atoms with Crippen molar-refractivity contribution in [1.82, 2.24) is 5.32 Å². The monoisotopic (exact) mass is 195 g/mol. The number of methoxy groups -OCH3 is 1. The van der Waals surface area contributed by atoms with Crippen LogP contribution in [0.1, 0.15) is 26.2 Å². The van der Waals surface area contributed by atoms with Gasteiger partial charge in [0.05, 0.1) is 6.04 Å². The van der Waals surface area contributed by atoms with Gasteiger partial charge in [0.2, 0.25) is 0 Å². The molecule has 0 aromatic carbocycles. The molecule has 0 saturated carbocycles. The Labute approximate surface area is 78.7 Å². The van der Waals surface area contributed by atoms with Crippen LogP contribution in [0.2, 0.25) is 0 Å². The first-order valence-electron chi connectivity index (χ1n) is 4.69. The van der Waals surface area contributed by atoms with E-state index in [4.69, 9.17) is 4.74 Å². The summed E-state index contributed by atoms with van der Waals surface area (Å²) in [5.41, 5.74) is 0. The summed E-state index contributed by atoms with van der Waals surface area (Å²) in [6.07, 6.45) is 0.692. The molecule has 4 heteroatoms. The molecule has 0 aliphatic heterocycles. The van der Waals surface area contributed by atoms with Crippen LogP contribution in [0.4, 0.5) is 8.78 Å². The molecule has 0 aliphatic rings. The summed E-state index contributed by atoms with van der Waals surface area (Å²) in [6, 6.07) is -0.692. The Balaban J connectivity index is 3.07. The Morgan fingerprint density at radius 2 is 1.92 bits per heavy atom. The van der Waals surface area contributed by atoms with Gasteiger partial charge in [-0.25, -0.2) is 8.78 Å². The number of nitrogens with one attached hydrogen (secondary N) is 1. The van der Waals surface area contributed by atoms with Gasteiger partial charge in [-0.05, 0) is 32.7 Å². The summed E-state index contributed by atoms with van der Waals surface area (Å²) in [5, 5.41) is 2.77. The molecule has 0 aromatic rings. The van der Waals surface area contributed by atoms with E-state index < -0.39 is 12.5 Å². The van der Waals surface area contributed by atoms with Gasteiger partial charge in [0.1, 0.15) is 0 Å². The number of hydrogen-bond donors (Lipinski definition) is 1. The minimum atomic E-state index is -2.26. The summed E-state index contributed by atoms with van der Waals surface area (Å²) in [7, 11) is 1.66. The van der Waals surface area contributed by atoms with Gasteiger partial charge in [-0.15, -0.1) is 0 Å². The predicted molar refractivity (Wildman–Crippen MR) is 49.2 cm³/mol. The quantitative estimate of drug-likeness (QED) is 0.598. The molecule has 0 fully saturated rings. The highest BCUT2D eigenvalue weighted by Crippen LogP contribution is 2.00. The van der Waals surface area contributed by atoms with Crippen molar-refractivity contribution in [2.45, 2.75) is 38.7 Å². The smallest absolute Gasteiger partial charge is 0.253 e. The van der Waals surface area contributed by atoms with Crippen molar-refractivity contribution in [3.05, 3.63) is 0 Å². The molecular weight excluding hydrogens is 176 g/mol. The lowest BCUT2D eigenvalue weighted by Crippen LogP contribution is -2.33. The van der Waals surface area contributed by atoms with Crippen molar-refractivity contribution in [2.75, 3.05) is 20.3 Å². The summed E-state index contributed by atoms with van der Waals surface area (Å²) >= 11 is 0. The first-order chi connectivity index (χ1) is 6.18. The lowest BCUT2D eigenvalue weighted by molar-refractivity contribution is 0.106. The van der Waals surface area contributed by atoms with E-state index in [9.17, 15) is 8.78 Å². The number of unbranched alkanes of at least 4 members (excludes halogenated alkanes) is 2. The Hall–Kier alpha value is -0.220. The van der Waals surface area contributed by atoms with Crippen molar-refractivity contribution < 1.29 is 13.5 Å². The summed E-state index contributed by atoms with van der Waals surface area (Å²) in [5.74, 6) is 0. The molecule has 0 heterocycles. The van der Waals surface area contributed by atoms with E-state index in [0.29, 0.717) is 6.54 Å². The SMILES string of the molecule is COCCCCCNC(C)C(F)F. The zero-order valence-corrected chi connectivity index (χ0v) is 8.35. The summed E-state index contributed by atoms with van der Waals surface area (Å²) < 4.78 is 28.8. The molecule has 0 saturated heterocycles. The third-order valence-electron chi connectivity index (χ3n) is 1.87. The molecule has 0 aliphatic carbocycles. The first-order valence-corrected chi connectivity index (χ1v) is 4.69. The molecule has 1 unspecified atom stereocenters. The fourth-order valence-electron chi connectivity index (χ4n) is 0.967. The molecule has 1 N–H and O–H groups in total. The Bertz CT molecular complexity index is 112. The zero-order valence-electron chi connectivity index (χ0n) is 8.35. The van der Waals surface area contributed by atoms with Gasteiger partial charge in [0, 0.05) is 13.7 Å². The molecule has 0 bridgehead atoms. The van der Waals surface area contributed by atoms with Gasteiger partial charge in [-0.1, -0.05) is 0 Å². The molecule has 1 atom stereocenters. The molecule has 80 valence electrons. The van der Waals surface area contributed by atoms with Crippen molar-refractivity contribution in [2.24, 2.45) is 0 Å². The molecule has 0 amide bonds. The number of halogens is 2. The number of ether oxygens (including phenoxy) is 1. The van der Waals surface area contributed by atoms with E-state index in [0.717, 1.165) is 25.9 Å². The van der Waals surface area contributed by atoms with E-state index in [1.807, 2.05) is 0 Å². The third-order valence-corrected chi connectivity index (χ3v) is 1.87. The number of rotatable bonds is 8. The van der Waals surface area contributed by atoms with Gasteiger partial charge < -0.3 is 10.1 Å². The second-order valence-corrected chi connectivity index (χ2v) is 3.13. The van der Waals surface area contributed by atoms with E-state index in [1.54, 1.807) is 7.11 Å². The van der Waals surface area contributed by atoms with Crippen LogP contribution < -0.4 is 5.32 Å². The lowest BCUT2D eigenvalue weighted by Gasteiger charge is -2.11. The van der Waals surface area contributed by atoms with Crippen LogP contribution in [-0.4, -0.2) is 32.7 Å². The van der Waals surface area contributed by atoms with E-state index >= 15 is 0 Å². The maximum Gasteiger partial charge on any atom is 0.253 e. The zero-order chi connectivity index (χ0) is 10.1. The molecule has 0 aromatic heterocycles. The highest BCUT2D eigenvalue weighted by atomic mass is 19.3. The van der Waals surface area contributed by atoms with Gasteiger partial charge in [-0.2, -0.15) is 0 Å². The largest absolute Gasteiger partial charge is 0.385 e. The van der Waals surface area contributed by atoms with Crippen molar-refractivity contribution >= 4 is 0 Å². The Morgan fingerprint density at radius 3 is 2.46 bits per heavy atom.